The molecule has 17 heavy (non-hydrogen) atoms. The highest BCUT2D eigenvalue weighted by Crippen LogP contribution is 2.26. The highest BCUT2D eigenvalue weighted by Gasteiger charge is 2.29. The number of carbonyl (C=O) groups is 1. The fourth-order valence-corrected chi connectivity index (χ4v) is 2.70. The lowest BCUT2D eigenvalue weighted by atomic mass is 10.1. The Balaban J connectivity index is 2.60. The van der Waals surface area contributed by atoms with E-state index in [2.05, 4.69) is 41.6 Å². The molecule has 1 amide bonds. The molecule has 1 aliphatic rings. The van der Waals surface area contributed by atoms with Gasteiger partial charge in [-0.15, -0.1) is 0 Å². The molecular formula is C14H26BrNO. The molecule has 0 heterocycles. The van der Waals surface area contributed by atoms with Crippen molar-refractivity contribution in [2.45, 2.75) is 70.2 Å². The van der Waals surface area contributed by atoms with E-state index in [1.54, 1.807) is 0 Å². The summed E-state index contributed by atoms with van der Waals surface area (Å²) in [5.41, 5.74) is 0. The monoisotopic (exact) mass is 303 g/mol. The number of carbonyl (C=O) groups excluding carboxylic acids is 1. The molecule has 0 aromatic heterocycles. The zero-order chi connectivity index (χ0) is 12.8. The molecule has 3 heteroatoms. The molecule has 2 nitrogen and oxygen atoms in total. The average Bonchev–Trinajstić information content (AvgIpc) is 2.81. The van der Waals surface area contributed by atoms with E-state index in [1.165, 1.54) is 25.7 Å². The second-order valence-corrected chi connectivity index (χ2v) is 6.63. The van der Waals surface area contributed by atoms with Crippen molar-refractivity contribution in [3.8, 4) is 0 Å². The Bertz CT molecular complexity index is 236. The third-order valence-corrected chi connectivity index (χ3v) is 4.66. The van der Waals surface area contributed by atoms with Crippen LogP contribution in [0.25, 0.3) is 0 Å². The Morgan fingerprint density at radius 3 is 2.41 bits per heavy atom. The van der Waals surface area contributed by atoms with E-state index in [9.17, 15) is 4.79 Å². The molecule has 0 aliphatic heterocycles. The zero-order valence-corrected chi connectivity index (χ0v) is 13.0. The van der Waals surface area contributed by atoms with Crippen LogP contribution in [-0.2, 0) is 4.79 Å². The Labute approximate surface area is 114 Å². The van der Waals surface area contributed by atoms with Crippen molar-refractivity contribution in [2.75, 3.05) is 6.54 Å². The van der Waals surface area contributed by atoms with Gasteiger partial charge in [-0.05, 0) is 31.6 Å². The molecule has 100 valence electrons. The number of hydrogen-bond donors (Lipinski definition) is 0. The standard InChI is InChI=1S/C14H26BrNO/c1-4-13(15)14(17)16(10-9-11(2)3)12-7-5-6-8-12/h11-13H,4-10H2,1-3H3. The van der Waals surface area contributed by atoms with E-state index in [-0.39, 0.29) is 4.83 Å². The molecule has 0 spiro atoms. The Kier molecular flexibility index (Phi) is 6.53. The van der Waals surface area contributed by atoms with E-state index in [0.717, 1.165) is 19.4 Å². The van der Waals surface area contributed by atoms with Crippen molar-refractivity contribution in [1.29, 1.82) is 0 Å². The maximum absolute atomic E-state index is 12.4. The Morgan fingerprint density at radius 1 is 1.35 bits per heavy atom. The molecule has 1 saturated carbocycles. The van der Waals surface area contributed by atoms with Crippen LogP contribution in [0.4, 0.5) is 0 Å². The zero-order valence-electron chi connectivity index (χ0n) is 11.4. The first kappa shape index (κ1) is 15.0. The molecule has 0 saturated heterocycles. The molecule has 0 bridgehead atoms. The van der Waals surface area contributed by atoms with Gasteiger partial charge in [-0.1, -0.05) is 49.5 Å². The lowest BCUT2D eigenvalue weighted by molar-refractivity contribution is -0.132. The van der Waals surface area contributed by atoms with Gasteiger partial charge < -0.3 is 4.90 Å². The van der Waals surface area contributed by atoms with Crippen molar-refractivity contribution in [3.63, 3.8) is 0 Å². The molecule has 1 unspecified atom stereocenters. The van der Waals surface area contributed by atoms with Gasteiger partial charge in [-0.3, -0.25) is 4.79 Å². The fourth-order valence-electron chi connectivity index (χ4n) is 2.44. The molecule has 1 aliphatic carbocycles. The van der Waals surface area contributed by atoms with E-state index in [4.69, 9.17) is 0 Å². The summed E-state index contributed by atoms with van der Waals surface area (Å²) in [5.74, 6) is 0.974. The number of rotatable bonds is 6. The van der Waals surface area contributed by atoms with E-state index in [1.807, 2.05) is 0 Å². The minimum absolute atomic E-state index is 0.00950. The number of halogens is 1. The maximum atomic E-state index is 12.4. The molecule has 1 fully saturated rings. The minimum atomic E-state index is 0.00950. The Hall–Kier alpha value is -0.0500. The van der Waals surface area contributed by atoms with Crippen LogP contribution < -0.4 is 0 Å². The summed E-state index contributed by atoms with van der Waals surface area (Å²) in [5, 5.41) is 0. The van der Waals surface area contributed by atoms with Crippen molar-refractivity contribution < 1.29 is 4.79 Å². The molecule has 1 rings (SSSR count). The van der Waals surface area contributed by atoms with Gasteiger partial charge in [-0.25, -0.2) is 0 Å². The normalized spacial score (nSPS) is 18.6. The highest BCUT2D eigenvalue weighted by atomic mass is 79.9. The second-order valence-electron chi connectivity index (χ2n) is 5.53. The van der Waals surface area contributed by atoms with Crippen LogP contribution in [0.1, 0.15) is 59.3 Å². The summed E-state index contributed by atoms with van der Waals surface area (Å²) in [7, 11) is 0. The van der Waals surface area contributed by atoms with Crippen LogP contribution in [0.15, 0.2) is 0 Å². The summed E-state index contributed by atoms with van der Waals surface area (Å²) >= 11 is 3.51. The van der Waals surface area contributed by atoms with Crippen molar-refractivity contribution in [3.05, 3.63) is 0 Å². The van der Waals surface area contributed by atoms with Crippen molar-refractivity contribution in [1.82, 2.24) is 4.90 Å². The predicted molar refractivity (Wildman–Crippen MR) is 76.4 cm³/mol. The van der Waals surface area contributed by atoms with Gasteiger partial charge in [-0.2, -0.15) is 0 Å². The second kappa shape index (κ2) is 7.40. The molecule has 0 N–H and O–H groups in total. The van der Waals surface area contributed by atoms with Gasteiger partial charge in [0.05, 0.1) is 4.83 Å². The summed E-state index contributed by atoms with van der Waals surface area (Å²) in [6, 6.07) is 0.507. The molecule has 0 aromatic carbocycles. The molecular weight excluding hydrogens is 278 g/mol. The van der Waals surface area contributed by atoms with Gasteiger partial charge in [0.2, 0.25) is 5.91 Å². The first-order valence-electron chi connectivity index (χ1n) is 7.00. The summed E-state index contributed by atoms with van der Waals surface area (Å²) in [6.45, 7) is 7.45. The molecule has 0 radical (unpaired) electrons. The number of alkyl halides is 1. The van der Waals surface area contributed by atoms with Crippen LogP contribution in [0.3, 0.4) is 0 Å². The minimum Gasteiger partial charge on any atom is -0.339 e. The highest BCUT2D eigenvalue weighted by molar-refractivity contribution is 9.10. The fraction of sp³-hybridized carbons (Fsp3) is 0.929. The van der Waals surface area contributed by atoms with Gasteiger partial charge in [0.15, 0.2) is 0 Å². The first-order chi connectivity index (χ1) is 8.06. The van der Waals surface area contributed by atoms with Crippen molar-refractivity contribution >= 4 is 21.8 Å². The van der Waals surface area contributed by atoms with Gasteiger partial charge in [0, 0.05) is 12.6 Å². The first-order valence-corrected chi connectivity index (χ1v) is 7.92. The SMILES string of the molecule is CCC(Br)C(=O)N(CCC(C)C)C1CCCC1. The van der Waals surface area contributed by atoms with E-state index >= 15 is 0 Å². The number of amides is 1. The number of nitrogens with zero attached hydrogens (tertiary/aromatic N) is 1. The summed E-state index contributed by atoms with van der Waals surface area (Å²) in [6.07, 6.45) is 6.97. The largest absolute Gasteiger partial charge is 0.339 e. The third kappa shape index (κ3) is 4.61. The lowest BCUT2D eigenvalue weighted by Gasteiger charge is -2.31. The van der Waals surface area contributed by atoms with Gasteiger partial charge in [0.25, 0.3) is 0 Å². The maximum Gasteiger partial charge on any atom is 0.236 e. The van der Waals surface area contributed by atoms with Gasteiger partial charge >= 0.3 is 0 Å². The van der Waals surface area contributed by atoms with Crippen LogP contribution in [0.2, 0.25) is 0 Å². The lowest BCUT2D eigenvalue weighted by Crippen LogP contribution is -2.43. The average molecular weight is 304 g/mol. The molecule has 1 atom stereocenters. The van der Waals surface area contributed by atoms with Crippen LogP contribution in [0, 0.1) is 5.92 Å². The van der Waals surface area contributed by atoms with Gasteiger partial charge in [0.1, 0.15) is 0 Å². The van der Waals surface area contributed by atoms with Crippen LogP contribution in [-0.4, -0.2) is 28.2 Å². The van der Waals surface area contributed by atoms with Crippen LogP contribution >= 0.6 is 15.9 Å². The quantitative estimate of drug-likeness (QED) is 0.680. The van der Waals surface area contributed by atoms with E-state index < -0.39 is 0 Å². The topological polar surface area (TPSA) is 20.3 Å². The smallest absolute Gasteiger partial charge is 0.236 e. The summed E-state index contributed by atoms with van der Waals surface area (Å²) in [4.78, 5) is 14.5. The Morgan fingerprint density at radius 2 is 1.94 bits per heavy atom. The van der Waals surface area contributed by atoms with Crippen molar-refractivity contribution in [2.24, 2.45) is 5.92 Å². The van der Waals surface area contributed by atoms with E-state index in [0.29, 0.717) is 17.9 Å². The third-order valence-electron chi connectivity index (χ3n) is 3.62. The molecule has 0 aromatic rings. The predicted octanol–water partition coefficient (Wildman–Crippen LogP) is 3.98. The van der Waals surface area contributed by atoms with Crippen LogP contribution in [0.5, 0.6) is 0 Å². The summed E-state index contributed by atoms with van der Waals surface area (Å²) < 4.78 is 0. The number of hydrogen-bond acceptors (Lipinski definition) is 1.